The molecule has 2 atom stereocenters. The average molecular weight is 877 g/mol. The fourth-order valence-corrected chi connectivity index (χ4v) is 8.45. The summed E-state index contributed by atoms with van der Waals surface area (Å²) < 4.78 is 50.0. The van der Waals surface area contributed by atoms with Crippen LogP contribution in [0, 0.1) is 27.7 Å². The van der Waals surface area contributed by atoms with Crippen LogP contribution in [-0.4, -0.2) is 93.9 Å². The van der Waals surface area contributed by atoms with Crippen molar-refractivity contribution in [2.24, 2.45) is 0 Å². The van der Waals surface area contributed by atoms with E-state index in [-0.39, 0.29) is 17.6 Å². The Hall–Kier alpha value is -5.96. The molecule has 8 aromatic heterocycles. The molecule has 10 heterocycles. The molecule has 2 saturated heterocycles. The Morgan fingerprint density at radius 1 is 0.645 bits per heavy atom. The number of aryl methyl sites for hydroxylation is 4. The zero-order valence-electron chi connectivity index (χ0n) is 35.1. The summed E-state index contributed by atoms with van der Waals surface area (Å²) in [4.78, 5) is 27.2. The van der Waals surface area contributed by atoms with Crippen molar-refractivity contribution in [1.82, 2.24) is 59.8 Å². The standard InChI is InChI=1S/C21H22N6O4S.C21H22N6O2S/c1-12-10-22-21(32(3,28)29)24-18(12)19-14-7-8-16(15-11-31-26-13(15)2)23-20(14)27(25-19)17-6-4-5-9-30-17;1-12-10-22-21(30-3)24-18(12)19-14-7-8-16(15-11-29-26-13(15)2)23-20(14)27(25-19)17-6-4-5-9-28-17/h7-8,10-11,17H,4-6,9H2,1-3H3;7-8,10-11,17H,4-6,9H2,1-3H3. The van der Waals surface area contributed by atoms with Gasteiger partial charge in [0.15, 0.2) is 28.9 Å². The van der Waals surface area contributed by atoms with Crippen LogP contribution in [0.15, 0.2) is 68.5 Å². The predicted molar refractivity (Wildman–Crippen MR) is 230 cm³/mol. The second-order valence-corrected chi connectivity index (χ2v) is 18.0. The van der Waals surface area contributed by atoms with Gasteiger partial charge in [0, 0.05) is 42.6 Å². The Morgan fingerprint density at radius 2 is 1.15 bits per heavy atom. The summed E-state index contributed by atoms with van der Waals surface area (Å²) in [6, 6.07) is 7.80. The van der Waals surface area contributed by atoms with E-state index >= 15 is 0 Å². The van der Waals surface area contributed by atoms with Crippen LogP contribution < -0.4 is 0 Å². The molecule has 0 N–H and O–H groups in total. The number of rotatable bonds is 8. The highest BCUT2D eigenvalue weighted by Gasteiger charge is 2.27. The van der Waals surface area contributed by atoms with E-state index in [1.165, 1.54) is 18.0 Å². The SMILES string of the molecule is CSc1ncc(C)c(-c2nn(C3CCCCO3)c3nc(-c4conc4C)ccc23)n1.Cc1cnc(S(C)(=O)=O)nc1-c1nn(C2CCCCO2)c2nc(-c3conc3C)ccc12. The monoisotopic (exact) mass is 876 g/mol. The van der Waals surface area contributed by atoms with Gasteiger partial charge in [-0.25, -0.2) is 47.7 Å². The normalized spacial score (nSPS) is 17.1. The topological polar surface area (TPSA) is 218 Å². The Labute approximate surface area is 360 Å². The van der Waals surface area contributed by atoms with E-state index < -0.39 is 9.84 Å². The number of thioether (sulfide) groups is 1. The third kappa shape index (κ3) is 7.98. The number of pyridine rings is 2. The van der Waals surface area contributed by atoms with E-state index in [0.717, 1.165) is 118 Å². The highest BCUT2D eigenvalue weighted by Crippen LogP contribution is 2.37. The molecule has 0 aliphatic carbocycles. The molecule has 0 radical (unpaired) electrons. The molecule has 10 rings (SSSR count). The molecular formula is C42H44N12O6S2. The van der Waals surface area contributed by atoms with Crippen molar-refractivity contribution in [3.05, 3.63) is 71.7 Å². The molecular weight excluding hydrogens is 833 g/mol. The lowest BCUT2D eigenvalue weighted by Crippen LogP contribution is -2.19. The third-order valence-corrected chi connectivity index (χ3v) is 12.3. The fourth-order valence-electron chi connectivity index (χ4n) is 7.60. The number of fused-ring (bicyclic) bond motifs is 2. The molecule has 320 valence electrons. The number of hydrogen-bond donors (Lipinski definition) is 0. The van der Waals surface area contributed by atoms with Crippen LogP contribution in [0.1, 0.15) is 73.5 Å². The summed E-state index contributed by atoms with van der Waals surface area (Å²) >= 11 is 1.51. The number of ether oxygens (including phenoxy) is 2. The van der Waals surface area contributed by atoms with E-state index in [4.69, 9.17) is 43.7 Å². The molecule has 0 saturated carbocycles. The zero-order chi connectivity index (χ0) is 43.1. The van der Waals surface area contributed by atoms with E-state index in [1.54, 1.807) is 17.2 Å². The summed E-state index contributed by atoms with van der Waals surface area (Å²) in [5.41, 5.74) is 10.4. The Balaban J connectivity index is 0.000000158. The maximum Gasteiger partial charge on any atom is 0.247 e. The highest BCUT2D eigenvalue weighted by molar-refractivity contribution is 7.98. The van der Waals surface area contributed by atoms with Gasteiger partial charge in [-0.2, -0.15) is 10.2 Å². The van der Waals surface area contributed by atoms with Crippen molar-refractivity contribution < 1.29 is 26.9 Å². The highest BCUT2D eigenvalue weighted by atomic mass is 32.2. The molecule has 0 spiro atoms. The van der Waals surface area contributed by atoms with Gasteiger partial charge < -0.3 is 18.5 Å². The first-order valence-corrected chi connectivity index (χ1v) is 23.4. The summed E-state index contributed by atoms with van der Waals surface area (Å²) in [6.07, 6.45) is 15.1. The van der Waals surface area contributed by atoms with Gasteiger partial charge in [-0.05, 0) is 108 Å². The quantitative estimate of drug-likeness (QED) is 0.105. The van der Waals surface area contributed by atoms with Crippen LogP contribution >= 0.6 is 11.8 Å². The molecule has 0 amide bonds. The van der Waals surface area contributed by atoms with E-state index in [0.29, 0.717) is 34.9 Å². The molecule has 62 heavy (non-hydrogen) atoms. The predicted octanol–water partition coefficient (Wildman–Crippen LogP) is 7.84. The van der Waals surface area contributed by atoms with Gasteiger partial charge in [-0.15, -0.1) is 0 Å². The second kappa shape index (κ2) is 17.1. The first-order chi connectivity index (χ1) is 30.0. The van der Waals surface area contributed by atoms with Crippen LogP contribution in [0.25, 0.3) is 67.4 Å². The van der Waals surface area contributed by atoms with Gasteiger partial charge in [0.05, 0.1) is 45.3 Å². The minimum atomic E-state index is -3.57. The fraction of sp³-hybridized carbons (Fsp3) is 0.381. The lowest BCUT2D eigenvalue weighted by atomic mass is 10.1. The Morgan fingerprint density at radius 3 is 1.58 bits per heavy atom. The maximum absolute atomic E-state index is 12.1. The summed E-state index contributed by atoms with van der Waals surface area (Å²) in [5, 5.41) is 19.9. The lowest BCUT2D eigenvalue weighted by molar-refractivity contribution is -0.0369. The minimum absolute atomic E-state index is 0.136. The molecule has 0 bridgehead atoms. The van der Waals surface area contributed by atoms with Crippen LogP contribution in [0.5, 0.6) is 0 Å². The summed E-state index contributed by atoms with van der Waals surface area (Å²) in [5.74, 6) is 0. The number of sulfone groups is 1. The van der Waals surface area contributed by atoms with Gasteiger partial charge in [-0.3, -0.25) is 0 Å². The molecule has 2 unspecified atom stereocenters. The molecule has 20 heteroatoms. The largest absolute Gasteiger partial charge is 0.364 e. The van der Waals surface area contributed by atoms with E-state index in [9.17, 15) is 8.42 Å². The zero-order valence-corrected chi connectivity index (χ0v) is 36.7. The van der Waals surface area contributed by atoms with Crippen molar-refractivity contribution in [1.29, 1.82) is 0 Å². The molecule has 8 aromatic rings. The van der Waals surface area contributed by atoms with Gasteiger partial charge in [0.25, 0.3) is 0 Å². The molecule has 18 nitrogen and oxygen atoms in total. The van der Waals surface area contributed by atoms with Crippen molar-refractivity contribution in [3.63, 3.8) is 0 Å². The van der Waals surface area contributed by atoms with Gasteiger partial charge >= 0.3 is 0 Å². The van der Waals surface area contributed by atoms with Gasteiger partial charge in [0.2, 0.25) is 15.0 Å². The molecule has 2 aliphatic heterocycles. The van der Waals surface area contributed by atoms with Crippen molar-refractivity contribution in [3.8, 4) is 45.3 Å². The second-order valence-electron chi connectivity index (χ2n) is 15.3. The van der Waals surface area contributed by atoms with Crippen LogP contribution in [0.2, 0.25) is 0 Å². The minimum Gasteiger partial charge on any atom is -0.364 e. The van der Waals surface area contributed by atoms with Gasteiger partial charge in [-0.1, -0.05) is 22.1 Å². The summed E-state index contributed by atoms with van der Waals surface area (Å²) in [6.45, 7) is 8.97. The van der Waals surface area contributed by atoms with Crippen molar-refractivity contribution in [2.75, 3.05) is 25.7 Å². The van der Waals surface area contributed by atoms with E-state index in [1.807, 2.05) is 69.1 Å². The molecule has 0 aromatic carbocycles. The first-order valence-electron chi connectivity index (χ1n) is 20.2. The smallest absolute Gasteiger partial charge is 0.247 e. The van der Waals surface area contributed by atoms with Crippen molar-refractivity contribution in [2.45, 2.75) is 89.0 Å². The van der Waals surface area contributed by atoms with Crippen LogP contribution in [0.4, 0.5) is 0 Å². The average Bonchev–Trinajstić information content (AvgIpc) is 4.09. The number of hydrogen-bond acceptors (Lipinski definition) is 17. The Kier molecular flexibility index (Phi) is 11.4. The third-order valence-electron chi connectivity index (χ3n) is 10.9. The Bertz CT molecular complexity index is 3040. The first kappa shape index (κ1) is 41.4. The molecule has 2 fully saturated rings. The van der Waals surface area contributed by atoms with Crippen molar-refractivity contribution >= 4 is 43.7 Å². The summed E-state index contributed by atoms with van der Waals surface area (Å²) in [7, 11) is -3.57. The number of aromatic nitrogens is 12. The van der Waals surface area contributed by atoms with Crippen LogP contribution in [0.3, 0.4) is 0 Å². The maximum atomic E-state index is 12.1. The van der Waals surface area contributed by atoms with E-state index in [2.05, 4.69) is 25.3 Å². The van der Waals surface area contributed by atoms with Gasteiger partial charge in [0.1, 0.15) is 23.9 Å². The molecule has 2 aliphatic rings. The lowest BCUT2D eigenvalue weighted by Gasteiger charge is -2.23. The number of nitrogens with zero attached hydrogens (tertiary/aromatic N) is 12. The van der Waals surface area contributed by atoms with Crippen LogP contribution in [-0.2, 0) is 19.3 Å².